The maximum atomic E-state index is 2.54. The van der Waals surface area contributed by atoms with Crippen LogP contribution in [-0.2, 0) is 0 Å². The number of benzene rings is 6. The highest BCUT2D eigenvalue weighted by molar-refractivity contribution is 6.90. The molecular weight excluding hydrogens is 529 g/mol. The van der Waals surface area contributed by atoms with Gasteiger partial charge in [0.15, 0.2) is 6.71 Å². The highest BCUT2D eigenvalue weighted by Crippen LogP contribution is 2.73. The van der Waals surface area contributed by atoms with E-state index >= 15 is 0 Å². The molecule has 8 rings (SSSR count). The second-order valence-electron chi connectivity index (χ2n) is 13.5. The van der Waals surface area contributed by atoms with Crippen molar-refractivity contribution in [2.24, 2.45) is 0 Å². The van der Waals surface area contributed by atoms with Crippen molar-refractivity contribution in [1.29, 1.82) is 0 Å². The quantitative estimate of drug-likeness (QED) is 0.183. The lowest BCUT2D eigenvalue weighted by molar-refractivity contribution is 0.628. The zero-order chi connectivity index (χ0) is 30.1. The summed E-state index contributed by atoms with van der Waals surface area (Å²) in [7, 11) is 0. The third-order valence-electron chi connectivity index (χ3n) is 10.7. The topological polar surface area (TPSA) is 4.93 Å². The van der Waals surface area contributed by atoms with Gasteiger partial charge in [0.25, 0.3) is 0 Å². The van der Waals surface area contributed by atoms with Gasteiger partial charge in [0, 0.05) is 22.0 Å². The first kappa shape index (κ1) is 26.8. The molecule has 7 aromatic rings. The van der Waals surface area contributed by atoms with E-state index in [1.165, 1.54) is 66.3 Å². The molecule has 1 saturated heterocycles. The summed E-state index contributed by atoms with van der Waals surface area (Å²) in [5, 5.41) is 3.12. The van der Waals surface area contributed by atoms with E-state index in [1.807, 2.05) is 0 Å². The lowest BCUT2D eigenvalue weighted by Crippen LogP contribution is -2.20. The van der Waals surface area contributed by atoms with Gasteiger partial charge in [-0.15, -0.1) is 0 Å². The van der Waals surface area contributed by atoms with Crippen molar-refractivity contribution in [3.8, 4) is 39.1 Å². The molecule has 1 fully saturated rings. The van der Waals surface area contributed by atoms with E-state index < -0.39 is 0 Å². The average Bonchev–Trinajstić information content (AvgIpc) is 3.29. The molecule has 2 heteroatoms. The fourth-order valence-electron chi connectivity index (χ4n) is 7.80. The van der Waals surface area contributed by atoms with Gasteiger partial charge in [-0.1, -0.05) is 171 Å². The van der Waals surface area contributed by atoms with E-state index in [0.717, 1.165) is 0 Å². The lowest BCUT2D eigenvalue weighted by atomic mass is 9.53. The number of aromatic nitrogens is 1. The second-order valence-corrected chi connectivity index (χ2v) is 13.5. The van der Waals surface area contributed by atoms with Gasteiger partial charge < -0.3 is 4.57 Å². The van der Waals surface area contributed by atoms with Crippen LogP contribution in [0.1, 0.15) is 27.7 Å². The van der Waals surface area contributed by atoms with Gasteiger partial charge in [-0.2, -0.15) is 0 Å². The van der Waals surface area contributed by atoms with Crippen molar-refractivity contribution in [1.82, 2.24) is 4.57 Å². The minimum Gasteiger partial charge on any atom is -0.309 e. The summed E-state index contributed by atoms with van der Waals surface area (Å²) in [5.41, 5.74) is 12.6. The van der Waals surface area contributed by atoms with Crippen LogP contribution in [0.4, 0.5) is 0 Å². The number of rotatable bonds is 5. The van der Waals surface area contributed by atoms with Crippen molar-refractivity contribution >= 4 is 34.0 Å². The Kier molecular flexibility index (Phi) is 6.00. The molecule has 6 aromatic carbocycles. The van der Waals surface area contributed by atoms with Crippen LogP contribution in [0.15, 0.2) is 146 Å². The molecule has 0 N–H and O–H groups in total. The molecule has 0 bridgehead atoms. The van der Waals surface area contributed by atoms with Crippen LogP contribution in [0.25, 0.3) is 60.9 Å². The summed E-state index contributed by atoms with van der Waals surface area (Å²) < 4.78 is 2.54. The molecule has 0 unspecified atom stereocenters. The number of nitrogens with zero attached hydrogens (tertiary/aromatic N) is 1. The highest BCUT2D eigenvalue weighted by atomic mass is 15.0. The molecule has 1 aliphatic heterocycles. The van der Waals surface area contributed by atoms with Gasteiger partial charge in [-0.05, 0) is 46.0 Å². The summed E-state index contributed by atoms with van der Waals surface area (Å²) in [6, 6.07) is 53.4. The summed E-state index contributed by atoms with van der Waals surface area (Å²) in [5.74, 6) is 0. The van der Waals surface area contributed by atoms with Gasteiger partial charge >= 0.3 is 0 Å². The Hall–Kier alpha value is -4.82. The molecule has 0 saturated carbocycles. The predicted octanol–water partition coefficient (Wildman–Crippen LogP) is 11.1. The van der Waals surface area contributed by atoms with E-state index in [2.05, 4.69) is 178 Å². The molecule has 2 heterocycles. The molecule has 44 heavy (non-hydrogen) atoms. The van der Waals surface area contributed by atoms with E-state index in [1.54, 1.807) is 0 Å². The van der Waals surface area contributed by atoms with Crippen molar-refractivity contribution in [3.63, 3.8) is 0 Å². The van der Waals surface area contributed by atoms with Crippen LogP contribution in [0.5, 0.6) is 0 Å². The first-order valence-corrected chi connectivity index (χ1v) is 15.7. The third-order valence-corrected chi connectivity index (χ3v) is 10.7. The zero-order valence-electron chi connectivity index (χ0n) is 25.9. The van der Waals surface area contributed by atoms with Crippen LogP contribution < -0.4 is 5.46 Å². The van der Waals surface area contributed by atoms with Gasteiger partial charge in [-0.3, -0.25) is 0 Å². The molecule has 1 aromatic heterocycles. The van der Waals surface area contributed by atoms with E-state index in [9.17, 15) is 0 Å². The highest BCUT2D eigenvalue weighted by Gasteiger charge is 2.67. The van der Waals surface area contributed by atoms with E-state index in [4.69, 9.17) is 0 Å². The van der Waals surface area contributed by atoms with E-state index in [0.29, 0.717) is 6.71 Å². The lowest BCUT2D eigenvalue weighted by Gasteiger charge is -2.15. The summed E-state index contributed by atoms with van der Waals surface area (Å²) in [6.45, 7) is 10.2. The zero-order valence-corrected chi connectivity index (χ0v) is 25.9. The predicted molar refractivity (Wildman–Crippen MR) is 191 cm³/mol. The van der Waals surface area contributed by atoms with Gasteiger partial charge in [-0.25, -0.2) is 0 Å². The third kappa shape index (κ3) is 4.01. The van der Waals surface area contributed by atoms with Crippen LogP contribution in [0.3, 0.4) is 0 Å². The van der Waals surface area contributed by atoms with Crippen molar-refractivity contribution < 1.29 is 0 Å². The van der Waals surface area contributed by atoms with Crippen LogP contribution in [-0.4, -0.2) is 11.3 Å². The van der Waals surface area contributed by atoms with Crippen LogP contribution in [0.2, 0.25) is 10.6 Å². The minimum atomic E-state index is 0.259. The molecule has 212 valence electrons. The van der Waals surface area contributed by atoms with Gasteiger partial charge in [0.2, 0.25) is 0 Å². The monoisotopic (exact) mass is 565 g/mol. The van der Waals surface area contributed by atoms with Crippen molar-refractivity contribution in [2.75, 3.05) is 0 Å². The van der Waals surface area contributed by atoms with Crippen LogP contribution >= 0.6 is 0 Å². The maximum Gasteiger partial charge on any atom is 0.187 e. The Morgan fingerprint density at radius 3 is 1.64 bits per heavy atom. The van der Waals surface area contributed by atoms with Crippen molar-refractivity contribution in [2.45, 2.75) is 38.3 Å². The van der Waals surface area contributed by atoms with Crippen LogP contribution in [0, 0.1) is 0 Å². The Morgan fingerprint density at radius 2 is 1.02 bits per heavy atom. The first-order valence-electron chi connectivity index (χ1n) is 15.7. The SMILES string of the molecule is CC1(C)B(c2ccc3c4c(-c5ccccc5)ccc(-c5ccccc5)c4n(-c4cccc(-c5ccccc5)c4)c3c2)C1(C)C. The molecular formula is C42H36BN. The van der Waals surface area contributed by atoms with E-state index in [-0.39, 0.29) is 10.6 Å². The van der Waals surface area contributed by atoms with Crippen molar-refractivity contribution in [3.05, 3.63) is 146 Å². The molecule has 0 aliphatic carbocycles. The smallest absolute Gasteiger partial charge is 0.187 e. The standard InChI is InChI=1S/C42H36BN/c1-41(2)42(3,4)43(41)33-23-24-37-38(28-33)44(34-22-14-21-32(27-34)29-15-8-5-9-16-29)40-36(31-19-12-7-13-20-31)26-25-35(39(37)40)30-17-10-6-11-18-30/h5-28H,1-4H3. The Labute approximate surface area is 260 Å². The Morgan fingerprint density at radius 1 is 0.477 bits per heavy atom. The normalized spacial score (nSPS) is 15.1. The Bertz CT molecular complexity index is 2140. The number of hydrogen-bond acceptors (Lipinski definition) is 0. The molecule has 1 nitrogen and oxygen atoms in total. The first-order chi connectivity index (χ1) is 21.4. The summed E-state index contributed by atoms with van der Waals surface area (Å²) in [6.07, 6.45) is 0. The summed E-state index contributed by atoms with van der Waals surface area (Å²) in [4.78, 5) is 0. The molecule has 0 amide bonds. The molecule has 0 radical (unpaired) electrons. The maximum absolute atomic E-state index is 2.54. The number of fused-ring (bicyclic) bond motifs is 3. The second kappa shape index (κ2) is 9.86. The fraction of sp³-hybridized carbons (Fsp3) is 0.143. The molecule has 0 spiro atoms. The largest absolute Gasteiger partial charge is 0.309 e. The number of hydrogen-bond donors (Lipinski definition) is 0. The minimum absolute atomic E-state index is 0.259. The molecule has 1 aliphatic rings. The Balaban J connectivity index is 1.51. The molecule has 0 atom stereocenters. The van der Waals surface area contributed by atoms with Gasteiger partial charge in [0.05, 0.1) is 11.0 Å². The van der Waals surface area contributed by atoms with Gasteiger partial charge in [0.1, 0.15) is 0 Å². The summed E-state index contributed by atoms with van der Waals surface area (Å²) >= 11 is 0. The average molecular weight is 566 g/mol. The fourth-order valence-corrected chi connectivity index (χ4v) is 7.80.